The minimum absolute atomic E-state index is 0.0383. The summed E-state index contributed by atoms with van der Waals surface area (Å²) in [4.78, 5) is -0.208. The molecule has 0 heterocycles. The van der Waals surface area contributed by atoms with Crippen LogP contribution in [-0.4, -0.2) is 19.4 Å². The van der Waals surface area contributed by atoms with Crippen LogP contribution in [0.1, 0.15) is 32.3 Å². The van der Waals surface area contributed by atoms with Gasteiger partial charge in [-0.2, -0.15) is 0 Å². The highest BCUT2D eigenvalue weighted by Gasteiger charge is 2.20. The number of rotatable bonds is 6. The van der Waals surface area contributed by atoms with Crippen LogP contribution in [0.2, 0.25) is 0 Å². The fraction of sp³-hybridized carbons (Fsp3) is 0.417. The van der Waals surface area contributed by atoms with Crippen molar-refractivity contribution in [2.45, 2.75) is 37.6 Å². The van der Waals surface area contributed by atoms with E-state index in [4.69, 9.17) is 5.73 Å². The highest BCUT2D eigenvalue weighted by atomic mass is 32.2. The molecule has 4 nitrogen and oxygen atoms in total. The Balaban J connectivity index is 3.15. The molecule has 0 bridgehead atoms. The number of nitrogens with two attached hydrogens (primary N) is 1. The van der Waals surface area contributed by atoms with E-state index in [-0.39, 0.29) is 21.5 Å². The molecule has 3 N–H and O–H groups in total. The molecule has 0 fully saturated rings. The lowest BCUT2D eigenvalue weighted by atomic mass is 10.2. The van der Waals surface area contributed by atoms with Gasteiger partial charge in [0.05, 0.1) is 4.90 Å². The summed E-state index contributed by atoms with van der Waals surface area (Å²) in [7, 11) is -3.69. The highest BCUT2D eigenvalue weighted by molar-refractivity contribution is 7.89. The van der Waals surface area contributed by atoms with Crippen molar-refractivity contribution in [3.8, 4) is 0 Å². The summed E-state index contributed by atoms with van der Waals surface area (Å²) in [6, 6.07) is 3.25. The first-order chi connectivity index (χ1) is 8.81. The van der Waals surface area contributed by atoms with E-state index in [0.717, 1.165) is 12.1 Å². The average molecular weight is 304 g/mol. The maximum Gasteiger partial charge on any atom is 0.240 e. The average Bonchev–Trinajstić information content (AvgIpc) is 2.35. The summed E-state index contributed by atoms with van der Waals surface area (Å²) >= 11 is 4.69. The molecule has 0 aliphatic heterocycles. The van der Waals surface area contributed by atoms with Crippen molar-refractivity contribution in [1.29, 1.82) is 0 Å². The second-order valence-electron chi connectivity index (χ2n) is 4.14. The molecule has 0 atom stereocenters. The summed E-state index contributed by atoms with van der Waals surface area (Å²) in [5.74, 6) is -0.631. The van der Waals surface area contributed by atoms with E-state index in [2.05, 4.69) is 16.9 Å². The molecule has 7 heteroatoms. The molecule has 0 aliphatic carbocycles. The molecular formula is C12H17FN2O2S2. The van der Waals surface area contributed by atoms with Crippen LogP contribution in [0.4, 0.5) is 4.39 Å². The predicted octanol–water partition coefficient (Wildman–Crippen LogP) is 1.93. The number of halogens is 1. The van der Waals surface area contributed by atoms with Gasteiger partial charge in [0.2, 0.25) is 10.0 Å². The Morgan fingerprint density at radius 1 is 1.42 bits per heavy atom. The largest absolute Gasteiger partial charge is 0.389 e. The van der Waals surface area contributed by atoms with Crippen molar-refractivity contribution in [2.75, 3.05) is 0 Å². The summed E-state index contributed by atoms with van der Waals surface area (Å²) in [6.45, 7) is 3.78. The fourth-order valence-electron chi connectivity index (χ4n) is 1.60. The van der Waals surface area contributed by atoms with Gasteiger partial charge in [-0.1, -0.05) is 26.1 Å². The molecule has 0 saturated carbocycles. The highest BCUT2D eigenvalue weighted by Crippen LogP contribution is 2.16. The topological polar surface area (TPSA) is 72.2 Å². The lowest BCUT2D eigenvalue weighted by Crippen LogP contribution is -2.34. The van der Waals surface area contributed by atoms with E-state index in [9.17, 15) is 12.8 Å². The second kappa shape index (κ2) is 6.40. The fourth-order valence-corrected chi connectivity index (χ4v) is 3.19. The number of hydrogen-bond donors (Lipinski definition) is 2. The number of sulfonamides is 1. The van der Waals surface area contributed by atoms with Gasteiger partial charge < -0.3 is 5.73 Å². The lowest BCUT2D eigenvalue weighted by molar-refractivity contribution is 0.530. The van der Waals surface area contributed by atoms with E-state index in [0.29, 0.717) is 12.8 Å². The van der Waals surface area contributed by atoms with Crippen molar-refractivity contribution in [1.82, 2.24) is 4.72 Å². The van der Waals surface area contributed by atoms with Gasteiger partial charge in [0.1, 0.15) is 10.8 Å². The minimum atomic E-state index is -3.69. The number of hydrogen-bond acceptors (Lipinski definition) is 3. The molecule has 0 aliphatic rings. The third kappa shape index (κ3) is 3.95. The summed E-state index contributed by atoms with van der Waals surface area (Å²) in [6.07, 6.45) is 1.36. The monoisotopic (exact) mass is 304 g/mol. The minimum Gasteiger partial charge on any atom is -0.389 e. The maximum absolute atomic E-state index is 13.4. The van der Waals surface area contributed by atoms with Crippen LogP contribution in [0.5, 0.6) is 0 Å². The molecule has 1 aromatic carbocycles. The van der Waals surface area contributed by atoms with E-state index in [1.165, 1.54) is 6.07 Å². The molecule has 1 rings (SSSR count). The summed E-state index contributed by atoms with van der Waals surface area (Å²) < 4.78 is 40.2. The van der Waals surface area contributed by atoms with Crippen LogP contribution in [-0.2, 0) is 10.0 Å². The van der Waals surface area contributed by atoms with E-state index in [1.807, 2.05) is 13.8 Å². The number of benzene rings is 1. The lowest BCUT2D eigenvalue weighted by Gasteiger charge is -2.15. The Hall–Kier alpha value is -1.05. The predicted molar refractivity (Wildman–Crippen MR) is 77.0 cm³/mol. The zero-order valence-electron chi connectivity index (χ0n) is 10.8. The zero-order chi connectivity index (χ0) is 14.6. The zero-order valence-corrected chi connectivity index (χ0v) is 12.4. The number of thiocarbonyl (C=S) groups is 1. The maximum atomic E-state index is 13.4. The Morgan fingerprint density at radius 3 is 2.47 bits per heavy atom. The Morgan fingerprint density at radius 2 is 2.00 bits per heavy atom. The van der Waals surface area contributed by atoms with Gasteiger partial charge in [-0.25, -0.2) is 17.5 Å². The summed E-state index contributed by atoms with van der Waals surface area (Å²) in [5, 5.41) is 0. The van der Waals surface area contributed by atoms with Gasteiger partial charge in [0.15, 0.2) is 0 Å². The molecule has 1 aromatic rings. The molecule has 0 radical (unpaired) electrons. The third-order valence-electron chi connectivity index (χ3n) is 2.82. The molecule has 0 unspecified atom stereocenters. The van der Waals surface area contributed by atoms with E-state index < -0.39 is 15.8 Å². The van der Waals surface area contributed by atoms with Gasteiger partial charge in [-0.05, 0) is 31.0 Å². The Kier molecular flexibility index (Phi) is 5.39. The second-order valence-corrected chi connectivity index (χ2v) is 6.29. The molecule has 0 saturated heterocycles. The van der Waals surface area contributed by atoms with Crippen molar-refractivity contribution < 1.29 is 12.8 Å². The van der Waals surface area contributed by atoms with Crippen molar-refractivity contribution >= 4 is 27.2 Å². The first kappa shape index (κ1) is 16.0. The van der Waals surface area contributed by atoms with Gasteiger partial charge in [0, 0.05) is 11.6 Å². The quantitative estimate of drug-likeness (QED) is 0.788. The molecule has 19 heavy (non-hydrogen) atoms. The van der Waals surface area contributed by atoms with E-state index in [1.54, 1.807) is 0 Å². The van der Waals surface area contributed by atoms with Gasteiger partial charge in [0.25, 0.3) is 0 Å². The Bertz CT molecular complexity index is 569. The normalized spacial score (nSPS) is 11.8. The van der Waals surface area contributed by atoms with Crippen LogP contribution in [0, 0.1) is 5.82 Å². The Labute approximate surface area is 118 Å². The van der Waals surface area contributed by atoms with Crippen molar-refractivity contribution in [3.63, 3.8) is 0 Å². The van der Waals surface area contributed by atoms with Crippen LogP contribution < -0.4 is 10.5 Å². The number of nitrogens with one attached hydrogen (secondary N) is 1. The van der Waals surface area contributed by atoms with Crippen LogP contribution in [0.3, 0.4) is 0 Å². The van der Waals surface area contributed by atoms with Crippen LogP contribution in [0.25, 0.3) is 0 Å². The van der Waals surface area contributed by atoms with E-state index >= 15 is 0 Å². The third-order valence-corrected chi connectivity index (χ3v) is 4.56. The summed E-state index contributed by atoms with van der Waals surface area (Å²) in [5.41, 5.74) is 5.29. The van der Waals surface area contributed by atoms with Crippen LogP contribution in [0.15, 0.2) is 23.1 Å². The van der Waals surface area contributed by atoms with Crippen molar-refractivity contribution in [2.24, 2.45) is 5.73 Å². The molecule has 0 amide bonds. The standard InChI is InChI=1S/C12H17FN2O2S2/c1-3-8(4-2)15-19(16,17)9-5-6-11(13)10(7-9)12(14)18/h5-8,15H,3-4H2,1-2H3,(H2,14,18). The first-order valence-electron chi connectivity index (χ1n) is 5.93. The van der Waals surface area contributed by atoms with Gasteiger partial charge >= 0.3 is 0 Å². The van der Waals surface area contributed by atoms with Crippen molar-refractivity contribution in [3.05, 3.63) is 29.6 Å². The van der Waals surface area contributed by atoms with Gasteiger partial charge in [-0.3, -0.25) is 0 Å². The van der Waals surface area contributed by atoms with Crippen LogP contribution >= 0.6 is 12.2 Å². The molecule has 106 valence electrons. The molecule has 0 spiro atoms. The first-order valence-corrected chi connectivity index (χ1v) is 7.82. The van der Waals surface area contributed by atoms with Gasteiger partial charge in [-0.15, -0.1) is 0 Å². The smallest absolute Gasteiger partial charge is 0.240 e. The SMILES string of the molecule is CCC(CC)NS(=O)(=O)c1ccc(F)c(C(N)=S)c1. The molecule has 0 aromatic heterocycles. The molecular weight excluding hydrogens is 287 g/mol.